The summed E-state index contributed by atoms with van der Waals surface area (Å²) in [4.78, 5) is 26.4. The number of nitrogens with zero attached hydrogens (tertiary/aromatic N) is 2. The molecular formula is C18H22N2O3. The predicted molar refractivity (Wildman–Crippen MR) is 85.5 cm³/mol. The van der Waals surface area contributed by atoms with Gasteiger partial charge in [0.15, 0.2) is 0 Å². The van der Waals surface area contributed by atoms with E-state index < -0.39 is 17.1 Å². The second-order valence-corrected chi connectivity index (χ2v) is 6.79. The maximum Gasteiger partial charge on any atom is 0.417 e. The van der Waals surface area contributed by atoms with Crippen LogP contribution in [0, 0.1) is 11.3 Å². The summed E-state index contributed by atoms with van der Waals surface area (Å²) in [6.07, 6.45) is 0.572. The summed E-state index contributed by atoms with van der Waals surface area (Å²) in [5.74, 6) is -0.270. The van der Waals surface area contributed by atoms with Crippen LogP contribution in [0.2, 0.25) is 0 Å². The van der Waals surface area contributed by atoms with Gasteiger partial charge in [-0.25, -0.2) is 9.69 Å². The van der Waals surface area contributed by atoms with Crippen molar-refractivity contribution in [1.29, 1.82) is 5.26 Å². The van der Waals surface area contributed by atoms with Gasteiger partial charge < -0.3 is 4.74 Å². The second kappa shape index (κ2) is 6.41. The number of rotatable bonds is 3. The van der Waals surface area contributed by atoms with Gasteiger partial charge in [-0.15, -0.1) is 0 Å². The van der Waals surface area contributed by atoms with E-state index in [1.807, 2.05) is 30.3 Å². The molecule has 2 amide bonds. The fraction of sp³-hybridized carbons (Fsp3) is 0.500. The highest BCUT2D eigenvalue weighted by Gasteiger charge is 2.50. The zero-order valence-electron chi connectivity index (χ0n) is 13.8. The summed E-state index contributed by atoms with van der Waals surface area (Å²) in [6, 6.07) is 11.5. The van der Waals surface area contributed by atoms with E-state index in [1.54, 1.807) is 20.8 Å². The maximum absolute atomic E-state index is 13.0. The summed E-state index contributed by atoms with van der Waals surface area (Å²) in [7, 11) is 0. The Morgan fingerprint density at radius 1 is 1.35 bits per heavy atom. The molecule has 23 heavy (non-hydrogen) atoms. The van der Waals surface area contributed by atoms with Crippen molar-refractivity contribution in [3.63, 3.8) is 0 Å². The van der Waals surface area contributed by atoms with E-state index in [-0.39, 0.29) is 12.3 Å². The Morgan fingerprint density at radius 2 is 2.00 bits per heavy atom. The summed E-state index contributed by atoms with van der Waals surface area (Å²) in [6.45, 7) is 5.62. The Balaban J connectivity index is 2.30. The van der Waals surface area contributed by atoms with Crippen molar-refractivity contribution in [3.05, 3.63) is 35.9 Å². The first kappa shape index (κ1) is 17.0. The molecule has 0 unspecified atom stereocenters. The Hall–Kier alpha value is -2.35. The fourth-order valence-electron chi connectivity index (χ4n) is 2.93. The highest BCUT2D eigenvalue weighted by Crippen LogP contribution is 2.40. The normalized spacial score (nSPS) is 21.1. The van der Waals surface area contributed by atoms with Crippen molar-refractivity contribution in [2.45, 2.75) is 51.0 Å². The lowest BCUT2D eigenvalue weighted by Gasteiger charge is -2.28. The molecule has 0 aliphatic carbocycles. The number of nitriles is 1. The first-order valence-electron chi connectivity index (χ1n) is 7.77. The van der Waals surface area contributed by atoms with Crippen molar-refractivity contribution in [1.82, 2.24) is 4.90 Å². The number of ether oxygens (including phenoxy) is 1. The molecule has 0 N–H and O–H groups in total. The van der Waals surface area contributed by atoms with Crippen LogP contribution in [0.1, 0.15) is 45.6 Å². The van der Waals surface area contributed by atoms with E-state index in [9.17, 15) is 9.59 Å². The van der Waals surface area contributed by atoms with E-state index >= 15 is 0 Å². The van der Waals surface area contributed by atoms with Crippen molar-refractivity contribution >= 4 is 12.0 Å². The van der Waals surface area contributed by atoms with Crippen molar-refractivity contribution < 1.29 is 14.3 Å². The minimum absolute atomic E-state index is 0.267. The molecule has 122 valence electrons. The summed E-state index contributed by atoms with van der Waals surface area (Å²) in [5, 5.41) is 8.94. The number of benzene rings is 1. The number of hydrogen-bond donors (Lipinski definition) is 0. The lowest BCUT2D eigenvalue weighted by molar-refractivity contribution is -0.132. The molecule has 5 heteroatoms. The van der Waals surface area contributed by atoms with Gasteiger partial charge in [0, 0.05) is 13.0 Å². The SMILES string of the molecule is CC(C)(C)OC(=O)N1CC[C@](CCC#N)(c2ccccc2)C1=O. The molecule has 0 saturated carbocycles. The first-order valence-corrected chi connectivity index (χ1v) is 7.77. The van der Waals surface area contributed by atoms with Crippen LogP contribution in [0.4, 0.5) is 4.79 Å². The number of likely N-dealkylation sites (tertiary alicyclic amines) is 1. The fourth-order valence-corrected chi connectivity index (χ4v) is 2.93. The quantitative estimate of drug-likeness (QED) is 0.857. The van der Waals surface area contributed by atoms with Crippen LogP contribution in [-0.4, -0.2) is 29.0 Å². The molecule has 0 spiro atoms. The van der Waals surface area contributed by atoms with Crippen LogP contribution >= 0.6 is 0 Å². The topological polar surface area (TPSA) is 70.4 Å². The third kappa shape index (κ3) is 3.53. The van der Waals surface area contributed by atoms with Crippen molar-refractivity contribution in [3.8, 4) is 6.07 Å². The monoisotopic (exact) mass is 314 g/mol. The van der Waals surface area contributed by atoms with Gasteiger partial charge in [-0.1, -0.05) is 30.3 Å². The van der Waals surface area contributed by atoms with Crippen LogP contribution in [-0.2, 0) is 14.9 Å². The summed E-state index contributed by atoms with van der Waals surface area (Å²) < 4.78 is 5.33. The van der Waals surface area contributed by atoms with Crippen LogP contribution in [0.5, 0.6) is 0 Å². The predicted octanol–water partition coefficient (Wildman–Crippen LogP) is 3.40. The third-order valence-electron chi connectivity index (χ3n) is 4.02. The minimum Gasteiger partial charge on any atom is -0.443 e. The molecule has 0 aromatic heterocycles. The molecule has 1 saturated heterocycles. The van der Waals surface area contributed by atoms with Gasteiger partial charge in [0.1, 0.15) is 5.60 Å². The van der Waals surface area contributed by atoms with E-state index in [0.717, 1.165) is 5.56 Å². The molecule has 0 radical (unpaired) electrons. The van der Waals surface area contributed by atoms with Gasteiger partial charge in [0.2, 0.25) is 5.91 Å². The Bertz CT molecular complexity index is 628. The average Bonchev–Trinajstić information content (AvgIpc) is 2.82. The van der Waals surface area contributed by atoms with Gasteiger partial charge in [-0.3, -0.25) is 4.79 Å². The summed E-state index contributed by atoms with van der Waals surface area (Å²) >= 11 is 0. The van der Waals surface area contributed by atoms with Crippen LogP contribution in [0.3, 0.4) is 0 Å². The van der Waals surface area contributed by atoms with Gasteiger partial charge in [0.05, 0.1) is 11.5 Å². The molecule has 0 bridgehead atoms. The zero-order chi connectivity index (χ0) is 17.1. The van der Waals surface area contributed by atoms with Crippen LogP contribution in [0.25, 0.3) is 0 Å². The Morgan fingerprint density at radius 3 is 2.57 bits per heavy atom. The molecule has 5 nitrogen and oxygen atoms in total. The smallest absolute Gasteiger partial charge is 0.417 e. The van der Waals surface area contributed by atoms with Crippen molar-refractivity contribution in [2.75, 3.05) is 6.54 Å². The second-order valence-electron chi connectivity index (χ2n) is 6.79. The van der Waals surface area contributed by atoms with E-state index in [1.165, 1.54) is 4.90 Å². The molecule has 1 aromatic carbocycles. The van der Waals surface area contributed by atoms with Crippen LogP contribution in [0.15, 0.2) is 30.3 Å². The number of carbonyl (C=O) groups is 2. The Labute approximate surface area is 136 Å². The molecule has 1 aliphatic rings. The molecule has 2 rings (SSSR count). The van der Waals surface area contributed by atoms with Crippen molar-refractivity contribution in [2.24, 2.45) is 0 Å². The zero-order valence-corrected chi connectivity index (χ0v) is 13.8. The average molecular weight is 314 g/mol. The lowest BCUT2D eigenvalue weighted by atomic mass is 9.75. The van der Waals surface area contributed by atoms with Gasteiger partial charge in [0.25, 0.3) is 0 Å². The number of imide groups is 1. The van der Waals surface area contributed by atoms with Gasteiger partial charge in [-0.05, 0) is 39.2 Å². The molecule has 1 fully saturated rings. The highest BCUT2D eigenvalue weighted by molar-refractivity contribution is 6.00. The first-order chi connectivity index (χ1) is 10.8. The summed E-state index contributed by atoms with van der Waals surface area (Å²) in [5.41, 5.74) is -0.609. The van der Waals surface area contributed by atoms with Gasteiger partial charge >= 0.3 is 6.09 Å². The Kier molecular flexibility index (Phi) is 4.74. The van der Waals surface area contributed by atoms with E-state index in [4.69, 9.17) is 10.00 Å². The standard InChI is InChI=1S/C18H22N2O3/c1-17(2,3)23-16(22)20-13-11-18(15(20)21,10-7-12-19)14-8-5-4-6-9-14/h4-6,8-9H,7,10-11,13H2,1-3H3/t18-/m1/s1. The number of carbonyl (C=O) groups excluding carboxylic acids is 2. The molecule has 1 heterocycles. The molecule has 1 aromatic rings. The largest absolute Gasteiger partial charge is 0.443 e. The highest BCUT2D eigenvalue weighted by atomic mass is 16.6. The lowest BCUT2D eigenvalue weighted by Crippen LogP contribution is -2.43. The number of hydrogen-bond acceptors (Lipinski definition) is 4. The van der Waals surface area contributed by atoms with E-state index in [2.05, 4.69) is 6.07 Å². The molecule has 1 atom stereocenters. The van der Waals surface area contributed by atoms with E-state index in [0.29, 0.717) is 19.4 Å². The molecular weight excluding hydrogens is 292 g/mol. The third-order valence-corrected chi connectivity index (χ3v) is 4.02. The number of amides is 2. The minimum atomic E-state index is -0.812. The molecule has 1 aliphatic heterocycles. The maximum atomic E-state index is 13.0. The van der Waals surface area contributed by atoms with Crippen LogP contribution < -0.4 is 0 Å². The van der Waals surface area contributed by atoms with Gasteiger partial charge in [-0.2, -0.15) is 5.26 Å².